The van der Waals surface area contributed by atoms with Gasteiger partial charge in [-0.15, -0.1) is 0 Å². The first-order valence-electron chi connectivity index (χ1n) is 10.7. The summed E-state index contributed by atoms with van der Waals surface area (Å²) in [5.74, 6) is 2.71. The summed E-state index contributed by atoms with van der Waals surface area (Å²) < 4.78 is 6.01. The molecule has 1 saturated heterocycles. The Balaban J connectivity index is 1.39. The van der Waals surface area contributed by atoms with Gasteiger partial charge in [0.1, 0.15) is 11.6 Å². The number of nitrogens with zero attached hydrogens (tertiary/aromatic N) is 4. The van der Waals surface area contributed by atoms with Crippen LogP contribution in [0.3, 0.4) is 0 Å². The Morgan fingerprint density at radius 1 is 1.21 bits per heavy atom. The normalized spacial score (nSPS) is 18.9. The Kier molecular flexibility index (Phi) is 5.02. The molecule has 29 heavy (non-hydrogen) atoms. The van der Waals surface area contributed by atoms with E-state index in [4.69, 9.17) is 9.72 Å². The van der Waals surface area contributed by atoms with Gasteiger partial charge in [0.15, 0.2) is 5.82 Å². The Morgan fingerprint density at radius 2 is 2.10 bits per heavy atom. The lowest BCUT2D eigenvalue weighted by Gasteiger charge is -2.24. The van der Waals surface area contributed by atoms with Crippen molar-refractivity contribution in [1.29, 1.82) is 0 Å². The molecule has 2 aromatic heterocycles. The Hall–Kier alpha value is -2.73. The minimum absolute atomic E-state index is 0.260. The van der Waals surface area contributed by atoms with Crippen molar-refractivity contribution in [1.82, 2.24) is 25.1 Å². The molecule has 0 bridgehead atoms. The zero-order valence-corrected chi connectivity index (χ0v) is 16.9. The molecule has 0 radical (unpaired) electrons. The van der Waals surface area contributed by atoms with Crippen LogP contribution in [0.25, 0.3) is 11.4 Å². The number of H-pyrrole nitrogens is 1. The molecule has 5 rings (SSSR count). The summed E-state index contributed by atoms with van der Waals surface area (Å²) in [6.07, 6.45) is 9.46. The van der Waals surface area contributed by atoms with Crippen LogP contribution in [0.5, 0.6) is 5.75 Å². The first-order chi connectivity index (χ1) is 14.3. The molecule has 1 N–H and O–H groups in total. The molecule has 2 aliphatic rings. The molecule has 6 heteroatoms. The second-order valence-electron chi connectivity index (χ2n) is 7.93. The van der Waals surface area contributed by atoms with Gasteiger partial charge in [0.05, 0.1) is 12.6 Å². The van der Waals surface area contributed by atoms with E-state index in [0.717, 1.165) is 36.6 Å². The zero-order chi connectivity index (χ0) is 19.6. The lowest BCUT2D eigenvalue weighted by molar-refractivity contribution is 0.234. The molecule has 0 saturated carbocycles. The molecule has 1 unspecified atom stereocenters. The van der Waals surface area contributed by atoms with E-state index in [1.807, 2.05) is 12.1 Å². The van der Waals surface area contributed by atoms with E-state index in [1.165, 1.54) is 42.4 Å². The lowest BCUT2D eigenvalue weighted by Crippen LogP contribution is -2.24. The summed E-state index contributed by atoms with van der Waals surface area (Å²) >= 11 is 0. The smallest absolute Gasteiger partial charge is 0.182 e. The second-order valence-corrected chi connectivity index (χ2v) is 7.93. The fourth-order valence-electron chi connectivity index (χ4n) is 4.66. The predicted molar refractivity (Wildman–Crippen MR) is 112 cm³/mol. The van der Waals surface area contributed by atoms with Crippen molar-refractivity contribution in [3.05, 3.63) is 59.2 Å². The minimum atomic E-state index is 0.260. The van der Waals surface area contributed by atoms with Crippen LogP contribution in [-0.4, -0.2) is 38.2 Å². The molecule has 1 aliphatic heterocycles. The summed E-state index contributed by atoms with van der Waals surface area (Å²) in [4.78, 5) is 11.5. The standard InChI is InChI=1S/C23H27N5O/c1-2-29-21-13-17-7-3-6-16(17)12-19(21)15-28-11-5-9-20(28)23-25-22(26-27-23)18-8-4-10-24-14-18/h4,8,10,12-14,20H,2-3,5-7,9,11,15H2,1H3,(H,25,26,27). The molecule has 150 valence electrons. The van der Waals surface area contributed by atoms with Crippen molar-refractivity contribution in [3.63, 3.8) is 0 Å². The minimum Gasteiger partial charge on any atom is -0.494 e. The van der Waals surface area contributed by atoms with Gasteiger partial charge in [0.2, 0.25) is 0 Å². The maximum absolute atomic E-state index is 6.01. The molecule has 1 aliphatic carbocycles. The highest BCUT2D eigenvalue weighted by Gasteiger charge is 2.30. The van der Waals surface area contributed by atoms with Crippen LogP contribution in [0.4, 0.5) is 0 Å². The van der Waals surface area contributed by atoms with E-state index >= 15 is 0 Å². The third-order valence-corrected chi connectivity index (χ3v) is 6.05. The van der Waals surface area contributed by atoms with E-state index in [-0.39, 0.29) is 6.04 Å². The Morgan fingerprint density at radius 3 is 2.93 bits per heavy atom. The fraction of sp³-hybridized carbons (Fsp3) is 0.435. The summed E-state index contributed by atoms with van der Waals surface area (Å²) in [6.45, 7) is 4.71. The van der Waals surface area contributed by atoms with Crippen LogP contribution in [-0.2, 0) is 19.4 Å². The quantitative estimate of drug-likeness (QED) is 0.688. The number of ether oxygens (including phenoxy) is 1. The van der Waals surface area contributed by atoms with Crippen molar-refractivity contribution < 1.29 is 4.74 Å². The largest absolute Gasteiger partial charge is 0.494 e. The lowest BCUT2D eigenvalue weighted by atomic mass is 10.0. The maximum Gasteiger partial charge on any atom is 0.182 e. The highest BCUT2D eigenvalue weighted by Crippen LogP contribution is 2.36. The number of rotatable bonds is 6. The highest BCUT2D eigenvalue weighted by atomic mass is 16.5. The van der Waals surface area contributed by atoms with Gasteiger partial charge in [-0.1, -0.05) is 6.07 Å². The number of aryl methyl sites for hydroxylation is 2. The average molecular weight is 390 g/mol. The van der Waals surface area contributed by atoms with Gasteiger partial charge in [0.25, 0.3) is 0 Å². The summed E-state index contributed by atoms with van der Waals surface area (Å²) in [6, 6.07) is 8.82. The predicted octanol–water partition coefficient (Wildman–Crippen LogP) is 4.09. The van der Waals surface area contributed by atoms with E-state index < -0.39 is 0 Å². The highest BCUT2D eigenvalue weighted by molar-refractivity contribution is 5.52. The van der Waals surface area contributed by atoms with Crippen molar-refractivity contribution in [2.45, 2.75) is 51.6 Å². The second kappa shape index (κ2) is 7.95. The van der Waals surface area contributed by atoms with Gasteiger partial charge in [-0.2, -0.15) is 5.10 Å². The summed E-state index contributed by atoms with van der Waals surface area (Å²) in [5, 5.41) is 7.62. The number of hydrogen-bond donors (Lipinski definition) is 1. The van der Waals surface area contributed by atoms with Crippen molar-refractivity contribution in [2.75, 3.05) is 13.2 Å². The number of pyridine rings is 1. The molecule has 0 amide bonds. The van der Waals surface area contributed by atoms with Gasteiger partial charge in [0, 0.05) is 30.1 Å². The van der Waals surface area contributed by atoms with E-state index in [0.29, 0.717) is 12.4 Å². The van der Waals surface area contributed by atoms with Gasteiger partial charge in [-0.3, -0.25) is 15.0 Å². The SMILES string of the molecule is CCOc1cc2c(cc1CN1CCCC1c1nc(-c3cccnc3)n[nH]1)CCC2. The Bertz CT molecular complexity index is 984. The monoisotopic (exact) mass is 389 g/mol. The Labute approximate surface area is 171 Å². The fourth-order valence-corrected chi connectivity index (χ4v) is 4.66. The number of aromatic amines is 1. The van der Waals surface area contributed by atoms with Crippen LogP contribution in [0.2, 0.25) is 0 Å². The number of likely N-dealkylation sites (tertiary alicyclic amines) is 1. The molecule has 6 nitrogen and oxygen atoms in total. The zero-order valence-electron chi connectivity index (χ0n) is 16.9. The number of fused-ring (bicyclic) bond motifs is 1. The molecule has 1 aromatic carbocycles. The third kappa shape index (κ3) is 3.65. The number of aromatic nitrogens is 4. The van der Waals surface area contributed by atoms with Crippen LogP contribution >= 0.6 is 0 Å². The molecule has 0 spiro atoms. The first kappa shape index (κ1) is 18.3. The molecular weight excluding hydrogens is 362 g/mol. The van der Waals surface area contributed by atoms with Crippen LogP contribution in [0.15, 0.2) is 36.7 Å². The van der Waals surface area contributed by atoms with Crippen LogP contribution < -0.4 is 4.74 Å². The van der Waals surface area contributed by atoms with E-state index in [2.05, 4.69) is 39.1 Å². The number of hydrogen-bond acceptors (Lipinski definition) is 5. The van der Waals surface area contributed by atoms with Gasteiger partial charge >= 0.3 is 0 Å². The third-order valence-electron chi connectivity index (χ3n) is 6.05. The van der Waals surface area contributed by atoms with Crippen molar-refractivity contribution >= 4 is 0 Å². The van der Waals surface area contributed by atoms with Gasteiger partial charge < -0.3 is 4.74 Å². The summed E-state index contributed by atoms with van der Waals surface area (Å²) in [5.41, 5.74) is 5.20. The van der Waals surface area contributed by atoms with Crippen LogP contribution in [0, 0.1) is 0 Å². The van der Waals surface area contributed by atoms with E-state index in [1.54, 1.807) is 12.4 Å². The molecule has 1 fully saturated rings. The number of nitrogens with one attached hydrogen (secondary N) is 1. The topological polar surface area (TPSA) is 66.9 Å². The molecule has 1 atom stereocenters. The average Bonchev–Trinajstić information content (AvgIpc) is 3.49. The molecule has 3 aromatic rings. The maximum atomic E-state index is 6.01. The molecule has 3 heterocycles. The van der Waals surface area contributed by atoms with E-state index in [9.17, 15) is 0 Å². The first-order valence-corrected chi connectivity index (χ1v) is 10.7. The van der Waals surface area contributed by atoms with Crippen molar-refractivity contribution in [2.24, 2.45) is 0 Å². The number of benzene rings is 1. The molecular formula is C23H27N5O. The summed E-state index contributed by atoms with van der Waals surface area (Å²) in [7, 11) is 0. The van der Waals surface area contributed by atoms with Gasteiger partial charge in [-0.25, -0.2) is 4.98 Å². The van der Waals surface area contributed by atoms with Gasteiger partial charge in [-0.05, 0) is 74.9 Å². The van der Waals surface area contributed by atoms with Crippen LogP contribution in [0.1, 0.15) is 54.7 Å². The van der Waals surface area contributed by atoms with Crippen molar-refractivity contribution in [3.8, 4) is 17.1 Å².